The molecule has 0 saturated heterocycles. The van der Waals surface area contributed by atoms with E-state index in [0.717, 1.165) is 18.7 Å². The zero-order valence-electron chi connectivity index (χ0n) is 10.8. The highest BCUT2D eigenvalue weighted by Crippen LogP contribution is 2.20. The van der Waals surface area contributed by atoms with Crippen LogP contribution in [0.25, 0.3) is 0 Å². The van der Waals surface area contributed by atoms with Crippen LogP contribution < -0.4 is 4.72 Å². The number of carboxylic acids is 1. The maximum absolute atomic E-state index is 12.2. The third kappa shape index (κ3) is 2.64. The number of carbonyl (C=O) groups is 1. The zero-order valence-corrected chi connectivity index (χ0v) is 11.6. The monoisotopic (exact) mass is 287 g/mol. The van der Waals surface area contributed by atoms with Crippen molar-refractivity contribution in [3.05, 3.63) is 12.0 Å². The summed E-state index contributed by atoms with van der Waals surface area (Å²) in [7, 11) is -3.86. The lowest BCUT2D eigenvalue weighted by molar-refractivity contribution is -0.140. The van der Waals surface area contributed by atoms with Crippen molar-refractivity contribution in [3.8, 4) is 0 Å². The topological polar surface area (TPSA) is 101 Å². The smallest absolute Gasteiger partial charge is 0.322 e. The fourth-order valence-corrected chi connectivity index (χ4v) is 3.65. The minimum absolute atomic E-state index is 0.0481. The highest BCUT2D eigenvalue weighted by molar-refractivity contribution is 7.89. The first-order valence-electron chi connectivity index (χ1n) is 6.12. The lowest BCUT2D eigenvalue weighted by Gasteiger charge is -2.18. The number of carboxylic acid groups (broad SMARTS) is 1. The Kier molecular flexibility index (Phi) is 3.64. The van der Waals surface area contributed by atoms with Gasteiger partial charge in [-0.3, -0.25) is 4.79 Å². The van der Waals surface area contributed by atoms with Gasteiger partial charge in [-0.1, -0.05) is 13.8 Å². The second-order valence-corrected chi connectivity index (χ2v) is 6.61. The fourth-order valence-electron chi connectivity index (χ4n) is 2.14. The molecule has 1 aliphatic heterocycles. The highest BCUT2D eigenvalue weighted by atomic mass is 32.2. The zero-order chi connectivity index (χ0) is 14.2. The van der Waals surface area contributed by atoms with E-state index in [-0.39, 0.29) is 10.9 Å². The van der Waals surface area contributed by atoms with Crippen LogP contribution in [0.1, 0.15) is 26.1 Å². The average Bonchev–Trinajstić information content (AvgIpc) is 2.85. The molecule has 0 unspecified atom stereocenters. The van der Waals surface area contributed by atoms with E-state index in [1.54, 1.807) is 18.4 Å². The van der Waals surface area contributed by atoms with Gasteiger partial charge < -0.3 is 9.67 Å². The molecular weight excluding hydrogens is 270 g/mol. The molecule has 0 spiro atoms. The molecule has 2 N–H and O–H groups in total. The molecule has 1 aromatic heterocycles. The number of aliphatic carboxylic acids is 1. The maximum atomic E-state index is 12.2. The molecule has 0 amide bonds. The third-order valence-corrected chi connectivity index (χ3v) is 4.61. The van der Waals surface area contributed by atoms with Crippen LogP contribution in [0, 0.1) is 5.92 Å². The van der Waals surface area contributed by atoms with E-state index in [9.17, 15) is 13.2 Å². The molecule has 19 heavy (non-hydrogen) atoms. The van der Waals surface area contributed by atoms with Crippen LogP contribution in [-0.4, -0.2) is 35.1 Å². The summed E-state index contributed by atoms with van der Waals surface area (Å²) in [6.07, 6.45) is 2.90. The lowest BCUT2D eigenvalue weighted by Crippen LogP contribution is -2.44. The summed E-state index contributed by atoms with van der Waals surface area (Å²) in [5.74, 6) is -0.787. The Morgan fingerprint density at radius 2 is 2.21 bits per heavy atom. The summed E-state index contributed by atoms with van der Waals surface area (Å²) < 4.78 is 28.3. The maximum Gasteiger partial charge on any atom is 0.322 e. The van der Waals surface area contributed by atoms with Crippen LogP contribution in [0.4, 0.5) is 0 Å². The first-order chi connectivity index (χ1) is 8.83. The van der Waals surface area contributed by atoms with Gasteiger partial charge in [-0.25, -0.2) is 13.4 Å². The normalized spacial score (nSPS) is 16.6. The number of hydrogen-bond acceptors (Lipinski definition) is 4. The van der Waals surface area contributed by atoms with Gasteiger partial charge in [0, 0.05) is 13.0 Å². The summed E-state index contributed by atoms with van der Waals surface area (Å²) in [6, 6.07) is -1.14. The number of imidazole rings is 1. The minimum Gasteiger partial charge on any atom is -0.480 e. The van der Waals surface area contributed by atoms with Crippen LogP contribution >= 0.6 is 0 Å². The molecule has 0 aliphatic carbocycles. The summed E-state index contributed by atoms with van der Waals surface area (Å²) in [5.41, 5.74) is 0. The largest absolute Gasteiger partial charge is 0.480 e. The first-order valence-corrected chi connectivity index (χ1v) is 7.61. The van der Waals surface area contributed by atoms with Crippen LogP contribution in [0.3, 0.4) is 0 Å². The number of sulfonamides is 1. The van der Waals surface area contributed by atoms with Gasteiger partial charge in [0.05, 0.1) is 6.20 Å². The second kappa shape index (κ2) is 4.93. The van der Waals surface area contributed by atoms with E-state index in [2.05, 4.69) is 9.71 Å². The third-order valence-electron chi connectivity index (χ3n) is 3.17. The lowest BCUT2D eigenvalue weighted by atomic mass is 10.1. The predicted octanol–water partition coefficient (Wildman–Crippen LogP) is 0.217. The predicted molar refractivity (Wildman–Crippen MR) is 67.1 cm³/mol. The van der Waals surface area contributed by atoms with Crippen molar-refractivity contribution in [3.63, 3.8) is 0 Å². The molecule has 7 nitrogen and oxygen atoms in total. The summed E-state index contributed by atoms with van der Waals surface area (Å²) in [5, 5.41) is 9.10. The molecule has 0 fully saturated rings. The van der Waals surface area contributed by atoms with Crippen LogP contribution in [0.5, 0.6) is 0 Å². The molecule has 2 rings (SSSR count). The van der Waals surface area contributed by atoms with Crippen molar-refractivity contribution in [1.29, 1.82) is 0 Å². The van der Waals surface area contributed by atoms with Gasteiger partial charge in [0.2, 0.25) is 0 Å². The quantitative estimate of drug-likeness (QED) is 0.806. The van der Waals surface area contributed by atoms with Gasteiger partial charge in [-0.15, -0.1) is 0 Å². The molecule has 2 heterocycles. The molecule has 0 aromatic carbocycles. The van der Waals surface area contributed by atoms with Crippen LogP contribution in [-0.2, 0) is 27.8 Å². The molecule has 0 radical (unpaired) electrons. The van der Waals surface area contributed by atoms with E-state index in [0.29, 0.717) is 6.54 Å². The fraction of sp³-hybridized carbons (Fsp3) is 0.636. The van der Waals surface area contributed by atoms with E-state index in [1.807, 2.05) is 0 Å². The molecule has 0 bridgehead atoms. The highest BCUT2D eigenvalue weighted by Gasteiger charge is 2.31. The van der Waals surface area contributed by atoms with Gasteiger partial charge in [0.25, 0.3) is 10.0 Å². The van der Waals surface area contributed by atoms with E-state index < -0.39 is 22.0 Å². The Labute approximate surface area is 111 Å². The van der Waals surface area contributed by atoms with Gasteiger partial charge in [-0.05, 0) is 12.3 Å². The molecule has 1 atom stereocenters. The number of nitrogens with one attached hydrogen (secondary N) is 1. The Morgan fingerprint density at radius 3 is 2.79 bits per heavy atom. The summed E-state index contributed by atoms with van der Waals surface area (Å²) in [4.78, 5) is 15.1. The number of aryl methyl sites for hydroxylation is 1. The van der Waals surface area contributed by atoms with E-state index >= 15 is 0 Å². The molecule has 106 valence electrons. The average molecular weight is 287 g/mol. The number of fused-ring (bicyclic) bond motifs is 1. The Balaban J connectivity index is 2.30. The van der Waals surface area contributed by atoms with Crippen molar-refractivity contribution in [1.82, 2.24) is 14.3 Å². The Hall–Kier alpha value is -1.41. The van der Waals surface area contributed by atoms with E-state index in [4.69, 9.17) is 5.11 Å². The Bertz CT molecular complexity index is 591. The summed E-state index contributed by atoms with van der Waals surface area (Å²) in [6.45, 7) is 3.91. The SMILES string of the molecule is CC(C)[C@H](NS(=O)(=O)c1cnc2n1CCC2)C(=O)O. The molecule has 8 heteroatoms. The number of hydrogen-bond donors (Lipinski definition) is 2. The number of aromatic nitrogens is 2. The van der Waals surface area contributed by atoms with Crippen molar-refractivity contribution in [2.45, 2.75) is 44.3 Å². The first kappa shape index (κ1) is 14.0. The number of rotatable bonds is 5. The molecule has 0 saturated carbocycles. The van der Waals surface area contributed by atoms with E-state index in [1.165, 1.54) is 6.20 Å². The molecule has 1 aromatic rings. The number of nitrogens with zero attached hydrogens (tertiary/aromatic N) is 2. The van der Waals surface area contributed by atoms with Gasteiger partial charge in [0.15, 0.2) is 5.03 Å². The second-order valence-electron chi connectivity index (χ2n) is 4.95. The van der Waals surface area contributed by atoms with Crippen molar-refractivity contribution < 1.29 is 18.3 Å². The van der Waals surface area contributed by atoms with Gasteiger partial charge >= 0.3 is 5.97 Å². The molecule has 1 aliphatic rings. The van der Waals surface area contributed by atoms with Crippen molar-refractivity contribution >= 4 is 16.0 Å². The van der Waals surface area contributed by atoms with Crippen molar-refractivity contribution in [2.75, 3.05) is 0 Å². The van der Waals surface area contributed by atoms with Crippen LogP contribution in [0.15, 0.2) is 11.2 Å². The minimum atomic E-state index is -3.86. The summed E-state index contributed by atoms with van der Waals surface area (Å²) >= 11 is 0. The molecular formula is C11H17N3O4S. The Morgan fingerprint density at radius 1 is 1.53 bits per heavy atom. The van der Waals surface area contributed by atoms with Gasteiger partial charge in [0.1, 0.15) is 11.9 Å². The van der Waals surface area contributed by atoms with Crippen molar-refractivity contribution in [2.24, 2.45) is 5.92 Å². The van der Waals surface area contributed by atoms with Crippen LogP contribution in [0.2, 0.25) is 0 Å². The van der Waals surface area contributed by atoms with Gasteiger partial charge in [-0.2, -0.15) is 4.72 Å². The standard InChI is InChI=1S/C11H17N3O4S/c1-7(2)10(11(15)16)13-19(17,18)9-6-12-8-4-3-5-14(8)9/h6-7,10,13H,3-5H2,1-2H3,(H,15,16)/t10-/m0/s1.